The zero-order chi connectivity index (χ0) is 18.9. The molecule has 0 spiro atoms. The van der Waals surface area contributed by atoms with Gasteiger partial charge in [0, 0.05) is 0 Å². The summed E-state index contributed by atoms with van der Waals surface area (Å²) < 4.78 is 5.61. The van der Waals surface area contributed by atoms with E-state index in [0.717, 1.165) is 37.0 Å². The van der Waals surface area contributed by atoms with Gasteiger partial charge in [-0.25, -0.2) is 0 Å². The van der Waals surface area contributed by atoms with Crippen molar-refractivity contribution in [1.82, 2.24) is 0 Å². The number of ether oxygens (including phenoxy) is 1. The van der Waals surface area contributed by atoms with Crippen molar-refractivity contribution in [3.05, 3.63) is 29.8 Å². The highest BCUT2D eigenvalue weighted by atomic mass is 16.5. The number of rotatable bonds is 4. The second kappa shape index (κ2) is 10.7. The fourth-order valence-electron chi connectivity index (χ4n) is 4.58. The van der Waals surface area contributed by atoms with Crippen molar-refractivity contribution in [2.45, 2.75) is 85.5 Å². The fraction of sp³-hybridized carbons (Fsp3) is 0.708. The normalized spacial score (nSPS) is 28.6. The van der Waals surface area contributed by atoms with Gasteiger partial charge in [-0.2, -0.15) is 0 Å². The Balaban J connectivity index is 0.00000117. The Morgan fingerprint density at radius 1 is 0.885 bits per heavy atom. The lowest BCUT2D eigenvalue weighted by atomic mass is 9.69. The number of hydrogen-bond donors (Lipinski definition) is 0. The molecule has 0 heterocycles. The van der Waals surface area contributed by atoms with Gasteiger partial charge in [0.05, 0.1) is 5.92 Å². The Bertz CT molecular complexity index is 518. The molecule has 2 nitrogen and oxygen atoms in total. The summed E-state index contributed by atoms with van der Waals surface area (Å²) in [6, 6.07) is 7.93. The van der Waals surface area contributed by atoms with Gasteiger partial charge < -0.3 is 4.74 Å². The van der Waals surface area contributed by atoms with E-state index in [1.165, 1.54) is 44.1 Å². The molecule has 146 valence electrons. The van der Waals surface area contributed by atoms with Crippen LogP contribution in [0.15, 0.2) is 24.3 Å². The van der Waals surface area contributed by atoms with Crippen LogP contribution in [0.25, 0.3) is 0 Å². The summed E-state index contributed by atoms with van der Waals surface area (Å²) in [4.78, 5) is 12.4. The lowest BCUT2D eigenvalue weighted by Crippen LogP contribution is -2.29. The maximum absolute atomic E-state index is 12.4. The van der Waals surface area contributed by atoms with E-state index in [4.69, 9.17) is 4.74 Å². The Morgan fingerprint density at radius 2 is 1.38 bits per heavy atom. The van der Waals surface area contributed by atoms with Crippen LogP contribution in [-0.4, -0.2) is 5.97 Å². The molecule has 2 aliphatic carbocycles. The average Bonchev–Trinajstić information content (AvgIpc) is 2.71. The standard InChI is InChI=1S/C22H32O2.C2H6/c1-3-17-6-14-21(15-7-17)24-22(23)20-12-10-19(11-13-20)18-8-4-16(2)5-9-18;1-2/h6-7,14-16,18-20H,3-5,8-13H2,1-2H3;1-2H3. The van der Waals surface area contributed by atoms with Gasteiger partial charge in [0.25, 0.3) is 0 Å². The van der Waals surface area contributed by atoms with E-state index in [1.807, 2.05) is 38.1 Å². The Morgan fingerprint density at radius 3 is 1.88 bits per heavy atom. The van der Waals surface area contributed by atoms with Gasteiger partial charge in [-0.1, -0.05) is 52.7 Å². The molecule has 2 aliphatic rings. The van der Waals surface area contributed by atoms with Crippen LogP contribution >= 0.6 is 0 Å². The lowest BCUT2D eigenvalue weighted by molar-refractivity contribution is -0.140. The highest BCUT2D eigenvalue weighted by molar-refractivity contribution is 5.75. The van der Waals surface area contributed by atoms with Crippen molar-refractivity contribution in [1.29, 1.82) is 0 Å². The average molecular weight is 359 g/mol. The molecule has 0 unspecified atom stereocenters. The van der Waals surface area contributed by atoms with Gasteiger partial charge in [-0.15, -0.1) is 0 Å². The number of carbonyl (C=O) groups is 1. The van der Waals surface area contributed by atoms with E-state index < -0.39 is 0 Å². The molecule has 2 heteroatoms. The predicted molar refractivity (Wildman–Crippen MR) is 109 cm³/mol. The largest absolute Gasteiger partial charge is 0.426 e. The van der Waals surface area contributed by atoms with Crippen LogP contribution in [0.3, 0.4) is 0 Å². The second-order valence-corrected chi connectivity index (χ2v) is 8.05. The molecule has 26 heavy (non-hydrogen) atoms. The molecule has 1 aromatic carbocycles. The highest BCUT2D eigenvalue weighted by Crippen LogP contribution is 2.41. The van der Waals surface area contributed by atoms with Crippen LogP contribution in [0.5, 0.6) is 5.75 Å². The molecule has 0 aromatic heterocycles. The summed E-state index contributed by atoms with van der Waals surface area (Å²) in [7, 11) is 0. The minimum absolute atomic E-state index is 0.0186. The molecule has 0 amide bonds. The summed E-state index contributed by atoms with van der Waals surface area (Å²) in [5.41, 5.74) is 1.28. The summed E-state index contributed by atoms with van der Waals surface area (Å²) in [5, 5.41) is 0. The molecule has 0 aliphatic heterocycles. The monoisotopic (exact) mass is 358 g/mol. The first kappa shape index (κ1) is 21.0. The third kappa shape index (κ3) is 5.86. The number of carbonyl (C=O) groups excluding carboxylic acids is 1. The molecule has 0 radical (unpaired) electrons. The van der Waals surface area contributed by atoms with Crippen LogP contribution in [0.4, 0.5) is 0 Å². The molecule has 0 bridgehead atoms. The first-order chi connectivity index (χ1) is 12.7. The second-order valence-electron chi connectivity index (χ2n) is 8.05. The third-order valence-corrected chi connectivity index (χ3v) is 6.38. The van der Waals surface area contributed by atoms with Gasteiger partial charge in [0.15, 0.2) is 0 Å². The van der Waals surface area contributed by atoms with E-state index in [1.54, 1.807) is 0 Å². The Labute approximate surface area is 160 Å². The molecule has 2 fully saturated rings. The fourth-order valence-corrected chi connectivity index (χ4v) is 4.58. The van der Waals surface area contributed by atoms with E-state index >= 15 is 0 Å². The zero-order valence-electron chi connectivity index (χ0n) is 17.3. The van der Waals surface area contributed by atoms with E-state index in [-0.39, 0.29) is 11.9 Å². The minimum Gasteiger partial charge on any atom is -0.426 e. The first-order valence-electron chi connectivity index (χ1n) is 11.0. The van der Waals surface area contributed by atoms with Crippen molar-refractivity contribution in [3.8, 4) is 5.75 Å². The number of benzene rings is 1. The van der Waals surface area contributed by atoms with Crippen LogP contribution < -0.4 is 4.74 Å². The molecule has 0 saturated heterocycles. The summed E-state index contributed by atoms with van der Waals surface area (Å²) in [6.07, 6.45) is 11.1. The van der Waals surface area contributed by atoms with Crippen molar-refractivity contribution in [3.63, 3.8) is 0 Å². The first-order valence-corrected chi connectivity index (χ1v) is 11.0. The Kier molecular flexibility index (Phi) is 8.68. The van der Waals surface area contributed by atoms with E-state index in [2.05, 4.69) is 13.8 Å². The molecule has 0 atom stereocenters. The highest BCUT2D eigenvalue weighted by Gasteiger charge is 2.33. The number of hydrogen-bond acceptors (Lipinski definition) is 2. The van der Waals surface area contributed by atoms with Gasteiger partial charge in [-0.05, 0) is 80.4 Å². The quantitative estimate of drug-likeness (QED) is 0.436. The van der Waals surface area contributed by atoms with Crippen molar-refractivity contribution < 1.29 is 9.53 Å². The van der Waals surface area contributed by atoms with Gasteiger partial charge >= 0.3 is 5.97 Å². The van der Waals surface area contributed by atoms with Crippen LogP contribution in [0, 0.1) is 23.7 Å². The summed E-state index contributed by atoms with van der Waals surface area (Å²) >= 11 is 0. The van der Waals surface area contributed by atoms with Crippen LogP contribution in [0.2, 0.25) is 0 Å². The smallest absolute Gasteiger partial charge is 0.314 e. The predicted octanol–water partition coefficient (Wildman–Crippen LogP) is 6.81. The number of esters is 1. The molecular weight excluding hydrogens is 320 g/mol. The molecule has 1 aromatic rings. The maximum atomic E-state index is 12.4. The van der Waals surface area contributed by atoms with E-state index in [9.17, 15) is 4.79 Å². The Hall–Kier alpha value is -1.31. The van der Waals surface area contributed by atoms with Crippen LogP contribution in [-0.2, 0) is 11.2 Å². The topological polar surface area (TPSA) is 26.3 Å². The molecular formula is C24H38O2. The van der Waals surface area contributed by atoms with Gasteiger partial charge in [-0.3, -0.25) is 4.79 Å². The van der Waals surface area contributed by atoms with Crippen molar-refractivity contribution in [2.24, 2.45) is 23.7 Å². The summed E-state index contributed by atoms with van der Waals surface area (Å²) in [5.74, 6) is 3.47. The van der Waals surface area contributed by atoms with Gasteiger partial charge in [0.2, 0.25) is 0 Å². The minimum atomic E-state index is -0.0186. The maximum Gasteiger partial charge on any atom is 0.314 e. The van der Waals surface area contributed by atoms with Crippen LogP contribution in [0.1, 0.15) is 84.6 Å². The summed E-state index contributed by atoms with van der Waals surface area (Å²) in [6.45, 7) is 8.52. The number of aryl methyl sites for hydroxylation is 1. The van der Waals surface area contributed by atoms with E-state index in [0.29, 0.717) is 5.75 Å². The SMILES string of the molecule is CC.CCc1ccc(OC(=O)C2CCC(C3CCC(C)CC3)CC2)cc1. The zero-order valence-corrected chi connectivity index (χ0v) is 17.3. The van der Waals surface area contributed by atoms with Crippen molar-refractivity contribution >= 4 is 5.97 Å². The van der Waals surface area contributed by atoms with Crippen molar-refractivity contribution in [2.75, 3.05) is 0 Å². The van der Waals surface area contributed by atoms with Gasteiger partial charge in [0.1, 0.15) is 5.75 Å². The third-order valence-electron chi connectivity index (χ3n) is 6.38. The lowest BCUT2D eigenvalue weighted by Gasteiger charge is -2.36. The molecule has 2 saturated carbocycles. The molecule has 3 rings (SSSR count). The molecule has 0 N–H and O–H groups in total.